The number of anilines is 3. The fourth-order valence-corrected chi connectivity index (χ4v) is 2.34. The van der Waals surface area contributed by atoms with Gasteiger partial charge in [0.05, 0.1) is 20.8 Å². The minimum absolute atomic E-state index is 0.114. The van der Waals surface area contributed by atoms with Gasteiger partial charge in [0.15, 0.2) is 11.6 Å². The smallest absolute Gasteiger partial charge is 0.151 e. The third-order valence-electron chi connectivity index (χ3n) is 2.52. The summed E-state index contributed by atoms with van der Waals surface area (Å²) in [7, 11) is 0. The summed E-state index contributed by atoms with van der Waals surface area (Å²) < 4.78 is 26.8. The van der Waals surface area contributed by atoms with Crippen molar-refractivity contribution in [2.24, 2.45) is 0 Å². The summed E-state index contributed by atoms with van der Waals surface area (Å²) in [5.41, 5.74) is -0.114. The van der Waals surface area contributed by atoms with Crippen molar-refractivity contribution in [2.75, 3.05) is 17.2 Å². The van der Waals surface area contributed by atoms with Crippen LogP contribution in [-0.4, -0.2) is 11.5 Å². The highest BCUT2D eigenvalue weighted by Crippen LogP contribution is 2.34. The van der Waals surface area contributed by atoms with Gasteiger partial charge in [-0.1, -0.05) is 34.8 Å². The van der Waals surface area contributed by atoms with Crippen molar-refractivity contribution in [2.45, 2.75) is 6.92 Å². The Morgan fingerprint density at radius 3 is 2.29 bits per heavy atom. The summed E-state index contributed by atoms with van der Waals surface area (Å²) in [6.45, 7) is 2.47. The molecule has 2 N–H and O–H groups in total. The van der Waals surface area contributed by atoms with Crippen LogP contribution >= 0.6 is 34.8 Å². The molecule has 1 aromatic heterocycles. The topological polar surface area (TPSA) is 37.0 Å². The van der Waals surface area contributed by atoms with Crippen molar-refractivity contribution in [1.82, 2.24) is 4.98 Å². The summed E-state index contributed by atoms with van der Waals surface area (Å²) in [5.74, 6) is -1.07. The first-order valence-corrected chi connectivity index (χ1v) is 7.07. The van der Waals surface area contributed by atoms with E-state index in [2.05, 4.69) is 15.6 Å². The molecule has 0 aliphatic rings. The first kappa shape index (κ1) is 16.1. The summed E-state index contributed by atoms with van der Waals surface area (Å²) in [4.78, 5) is 4.16. The van der Waals surface area contributed by atoms with E-state index in [1.165, 1.54) is 6.07 Å². The van der Waals surface area contributed by atoms with Crippen LogP contribution in [0.2, 0.25) is 15.1 Å². The Morgan fingerprint density at radius 2 is 1.67 bits per heavy atom. The number of pyridine rings is 1. The Hall–Kier alpha value is -1.30. The molecule has 112 valence electrons. The van der Waals surface area contributed by atoms with Crippen LogP contribution in [0.1, 0.15) is 6.92 Å². The Kier molecular flexibility index (Phi) is 5.08. The predicted octanol–water partition coefficient (Wildman–Crippen LogP) is 5.50. The Labute approximate surface area is 135 Å². The average Bonchev–Trinajstić information content (AvgIpc) is 2.38. The third-order valence-corrected chi connectivity index (χ3v) is 3.40. The van der Waals surface area contributed by atoms with Gasteiger partial charge in [-0.3, -0.25) is 0 Å². The van der Waals surface area contributed by atoms with Gasteiger partial charge in [-0.05, 0) is 19.1 Å². The molecule has 0 atom stereocenters. The van der Waals surface area contributed by atoms with Gasteiger partial charge in [-0.2, -0.15) is 0 Å². The monoisotopic (exact) mass is 351 g/mol. The van der Waals surface area contributed by atoms with E-state index in [4.69, 9.17) is 34.8 Å². The molecule has 1 aromatic carbocycles. The van der Waals surface area contributed by atoms with Crippen molar-refractivity contribution in [3.63, 3.8) is 0 Å². The van der Waals surface area contributed by atoms with Gasteiger partial charge in [0.25, 0.3) is 0 Å². The lowest BCUT2D eigenvalue weighted by Gasteiger charge is -2.13. The number of benzene rings is 1. The summed E-state index contributed by atoms with van der Waals surface area (Å²) >= 11 is 17.8. The first-order valence-electron chi connectivity index (χ1n) is 5.93. The molecule has 0 saturated heterocycles. The maximum atomic E-state index is 13.8. The summed E-state index contributed by atoms with van der Waals surface area (Å²) in [6, 6.07) is 3.16. The van der Waals surface area contributed by atoms with Crippen molar-refractivity contribution in [3.05, 3.63) is 44.9 Å². The zero-order valence-electron chi connectivity index (χ0n) is 10.8. The number of rotatable bonds is 4. The highest BCUT2D eigenvalue weighted by Gasteiger charge is 2.14. The molecular weight excluding hydrogens is 343 g/mol. The second-order valence-electron chi connectivity index (χ2n) is 4.05. The lowest BCUT2D eigenvalue weighted by molar-refractivity contribution is 0.586. The molecule has 8 heteroatoms. The highest BCUT2D eigenvalue weighted by atomic mass is 35.5. The quantitative estimate of drug-likeness (QED) is 0.763. The second-order valence-corrected chi connectivity index (χ2v) is 5.27. The third kappa shape index (κ3) is 3.67. The highest BCUT2D eigenvalue weighted by molar-refractivity contribution is 6.37. The number of nitrogens with zero attached hydrogens (tertiary/aromatic N) is 1. The molecule has 21 heavy (non-hydrogen) atoms. The molecule has 0 aliphatic carbocycles. The standard InChI is InChI=1S/C13H10Cl3F2N3/c1-2-19-12-8(15)5-9(16)13(21-12)20-11-7(14)3-6(17)4-10(11)18/h3-5H,2H2,1H3,(H2,19,20,21). The largest absolute Gasteiger partial charge is 0.369 e. The van der Waals surface area contributed by atoms with Crippen LogP contribution in [0.3, 0.4) is 0 Å². The van der Waals surface area contributed by atoms with Gasteiger partial charge >= 0.3 is 0 Å². The maximum absolute atomic E-state index is 13.8. The van der Waals surface area contributed by atoms with E-state index >= 15 is 0 Å². The van der Waals surface area contributed by atoms with Crippen LogP contribution in [0, 0.1) is 11.6 Å². The van der Waals surface area contributed by atoms with E-state index in [0.717, 1.165) is 6.07 Å². The van der Waals surface area contributed by atoms with Crippen molar-refractivity contribution < 1.29 is 8.78 Å². The van der Waals surface area contributed by atoms with Crippen LogP contribution in [0.25, 0.3) is 0 Å². The van der Waals surface area contributed by atoms with E-state index in [9.17, 15) is 8.78 Å². The number of aromatic nitrogens is 1. The Balaban J connectivity index is 2.42. The molecule has 2 rings (SSSR count). The van der Waals surface area contributed by atoms with Gasteiger partial charge < -0.3 is 10.6 Å². The first-order chi connectivity index (χ1) is 9.92. The van der Waals surface area contributed by atoms with Gasteiger partial charge in [0, 0.05) is 12.6 Å². The van der Waals surface area contributed by atoms with E-state index in [1.807, 2.05) is 6.92 Å². The molecule has 0 saturated carbocycles. The van der Waals surface area contributed by atoms with Gasteiger partial charge in [0.2, 0.25) is 0 Å². The molecule has 0 aliphatic heterocycles. The van der Waals surface area contributed by atoms with E-state index in [0.29, 0.717) is 23.5 Å². The number of halogens is 5. The SMILES string of the molecule is CCNc1nc(Nc2c(F)cc(F)cc2Cl)c(Cl)cc1Cl. The van der Waals surface area contributed by atoms with Crippen LogP contribution in [-0.2, 0) is 0 Å². The molecule has 0 radical (unpaired) electrons. The normalized spacial score (nSPS) is 10.6. The predicted molar refractivity (Wildman–Crippen MR) is 83.1 cm³/mol. The van der Waals surface area contributed by atoms with Crippen LogP contribution < -0.4 is 10.6 Å². The van der Waals surface area contributed by atoms with Crippen LogP contribution in [0.5, 0.6) is 0 Å². The van der Waals surface area contributed by atoms with E-state index in [-0.39, 0.29) is 21.6 Å². The minimum Gasteiger partial charge on any atom is -0.369 e. The maximum Gasteiger partial charge on any atom is 0.151 e. The lowest BCUT2D eigenvalue weighted by Crippen LogP contribution is -2.04. The number of nitrogens with one attached hydrogen (secondary N) is 2. The summed E-state index contributed by atoms with van der Waals surface area (Å²) in [5, 5.41) is 5.98. The van der Waals surface area contributed by atoms with E-state index < -0.39 is 11.6 Å². The van der Waals surface area contributed by atoms with Crippen molar-refractivity contribution >= 4 is 52.1 Å². The van der Waals surface area contributed by atoms with Crippen LogP contribution in [0.4, 0.5) is 26.1 Å². The van der Waals surface area contributed by atoms with Gasteiger partial charge in [0.1, 0.15) is 11.6 Å². The Morgan fingerprint density at radius 1 is 1.00 bits per heavy atom. The number of hydrogen-bond donors (Lipinski definition) is 2. The molecule has 0 bridgehead atoms. The molecule has 0 spiro atoms. The molecule has 2 aromatic rings. The molecule has 0 unspecified atom stereocenters. The molecule has 1 heterocycles. The molecule has 3 nitrogen and oxygen atoms in total. The fourth-order valence-electron chi connectivity index (χ4n) is 1.63. The molecule has 0 amide bonds. The fraction of sp³-hybridized carbons (Fsp3) is 0.154. The average molecular weight is 353 g/mol. The zero-order chi connectivity index (χ0) is 15.6. The van der Waals surface area contributed by atoms with Crippen molar-refractivity contribution in [3.8, 4) is 0 Å². The second kappa shape index (κ2) is 6.64. The number of hydrogen-bond acceptors (Lipinski definition) is 3. The zero-order valence-corrected chi connectivity index (χ0v) is 13.0. The van der Waals surface area contributed by atoms with Gasteiger partial charge in [-0.15, -0.1) is 0 Å². The Bertz CT molecular complexity index is 657. The molecule has 0 fully saturated rings. The molecular formula is C13H10Cl3F2N3. The van der Waals surface area contributed by atoms with Gasteiger partial charge in [-0.25, -0.2) is 13.8 Å². The van der Waals surface area contributed by atoms with Crippen LogP contribution in [0.15, 0.2) is 18.2 Å². The summed E-state index contributed by atoms with van der Waals surface area (Å²) in [6.07, 6.45) is 0. The van der Waals surface area contributed by atoms with Crippen molar-refractivity contribution in [1.29, 1.82) is 0 Å². The minimum atomic E-state index is -0.849. The lowest BCUT2D eigenvalue weighted by atomic mass is 10.3. The van der Waals surface area contributed by atoms with E-state index in [1.54, 1.807) is 0 Å².